The van der Waals surface area contributed by atoms with Gasteiger partial charge in [0.1, 0.15) is 0 Å². The quantitative estimate of drug-likeness (QED) is 0.651. The van der Waals surface area contributed by atoms with Gasteiger partial charge in [0.25, 0.3) is 0 Å². The van der Waals surface area contributed by atoms with Gasteiger partial charge in [-0.3, -0.25) is 0 Å². The van der Waals surface area contributed by atoms with Crippen molar-refractivity contribution in [3.63, 3.8) is 0 Å². The summed E-state index contributed by atoms with van der Waals surface area (Å²) >= 11 is 0. The average Bonchev–Trinajstić information content (AvgIpc) is 2.04. The molecule has 0 saturated heterocycles. The van der Waals surface area contributed by atoms with Crippen LogP contribution in [-0.2, 0) is 6.42 Å². The molecule has 0 N–H and O–H groups in total. The maximum absolute atomic E-state index is 2.33. The van der Waals surface area contributed by atoms with Crippen molar-refractivity contribution in [1.29, 1.82) is 0 Å². The summed E-state index contributed by atoms with van der Waals surface area (Å²) in [4.78, 5) is 0. The fraction of sp³-hybridized carbons (Fsp3) is 0.538. The van der Waals surface area contributed by atoms with Gasteiger partial charge in [0.2, 0.25) is 0 Å². The molecule has 72 valence electrons. The summed E-state index contributed by atoms with van der Waals surface area (Å²) in [6.45, 7) is 8.95. The van der Waals surface area contributed by atoms with Gasteiger partial charge in [0.15, 0.2) is 0 Å². The largest absolute Gasteiger partial charge is 0.0651 e. The van der Waals surface area contributed by atoms with Crippen molar-refractivity contribution in [3.8, 4) is 0 Å². The van der Waals surface area contributed by atoms with E-state index in [0.717, 1.165) is 0 Å². The lowest BCUT2D eigenvalue weighted by Crippen LogP contribution is -1.96. The minimum Gasteiger partial charge on any atom is -0.0651 e. The van der Waals surface area contributed by atoms with E-state index >= 15 is 0 Å². The lowest BCUT2D eigenvalue weighted by molar-refractivity contribution is 0.819. The molecular formula is C13H20. The van der Waals surface area contributed by atoms with E-state index in [1.165, 1.54) is 29.5 Å². The second-order valence-corrected chi connectivity index (χ2v) is 4.11. The zero-order valence-corrected chi connectivity index (χ0v) is 9.22. The van der Waals surface area contributed by atoms with Crippen molar-refractivity contribution in [1.82, 2.24) is 0 Å². The fourth-order valence-electron chi connectivity index (χ4n) is 1.78. The predicted octanol–water partition coefficient (Wildman–Crippen LogP) is 4.07. The Morgan fingerprint density at radius 3 is 2.46 bits per heavy atom. The molecule has 1 aromatic carbocycles. The number of benzene rings is 1. The third kappa shape index (κ3) is 2.58. The van der Waals surface area contributed by atoms with Gasteiger partial charge in [-0.1, -0.05) is 51.0 Å². The van der Waals surface area contributed by atoms with Crippen molar-refractivity contribution in [2.75, 3.05) is 0 Å². The molecule has 0 aliphatic heterocycles. The Hall–Kier alpha value is -0.780. The fourth-order valence-corrected chi connectivity index (χ4v) is 1.78. The van der Waals surface area contributed by atoms with Crippen molar-refractivity contribution < 1.29 is 0 Å². The molecule has 0 amide bonds. The molecule has 13 heavy (non-hydrogen) atoms. The van der Waals surface area contributed by atoms with E-state index in [0.29, 0.717) is 5.92 Å². The van der Waals surface area contributed by atoms with Crippen LogP contribution < -0.4 is 0 Å². The molecule has 0 aromatic heterocycles. The first-order valence-electron chi connectivity index (χ1n) is 5.24. The van der Waals surface area contributed by atoms with Gasteiger partial charge in [-0.05, 0) is 30.4 Å². The normalized spacial score (nSPS) is 10.8. The van der Waals surface area contributed by atoms with Crippen LogP contribution in [-0.4, -0.2) is 0 Å². The molecule has 0 heteroatoms. The summed E-state index contributed by atoms with van der Waals surface area (Å²) in [6.07, 6.45) is 2.46. The number of rotatable bonds is 3. The van der Waals surface area contributed by atoms with E-state index in [1.807, 2.05) is 0 Å². The van der Waals surface area contributed by atoms with E-state index in [9.17, 15) is 0 Å². The van der Waals surface area contributed by atoms with Crippen molar-refractivity contribution >= 4 is 0 Å². The van der Waals surface area contributed by atoms with E-state index in [4.69, 9.17) is 0 Å². The van der Waals surface area contributed by atoms with Gasteiger partial charge >= 0.3 is 0 Å². The highest BCUT2D eigenvalue weighted by Gasteiger charge is 2.05. The first kappa shape index (κ1) is 10.3. The Bertz CT molecular complexity index is 271. The van der Waals surface area contributed by atoms with E-state index in [1.54, 1.807) is 0 Å². The van der Waals surface area contributed by atoms with Gasteiger partial charge in [-0.25, -0.2) is 0 Å². The standard InChI is InChI=1S/C13H20/c1-5-6-12-9-11(4)7-8-13(12)10(2)3/h7-10H,5-6H2,1-4H3. The topological polar surface area (TPSA) is 0 Å². The highest BCUT2D eigenvalue weighted by atomic mass is 14.1. The number of hydrogen-bond acceptors (Lipinski definition) is 0. The van der Waals surface area contributed by atoms with Crippen LogP contribution in [0, 0.1) is 6.92 Å². The Kier molecular flexibility index (Phi) is 3.53. The average molecular weight is 176 g/mol. The van der Waals surface area contributed by atoms with E-state index in [2.05, 4.69) is 45.9 Å². The summed E-state index contributed by atoms with van der Waals surface area (Å²) in [6, 6.07) is 6.83. The van der Waals surface area contributed by atoms with Crippen LogP contribution >= 0.6 is 0 Å². The van der Waals surface area contributed by atoms with Gasteiger partial charge in [0.05, 0.1) is 0 Å². The Balaban J connectivity index is 3.03. The minimum atomic E-state index is 0.655. The molecular weight excluding hydrogens is 156 g/mol. The summed E-state index contributed by atoms with van der Waals surface area (Å²) in [5.41, 5.74) is 4.44. The van der Waals surface area contributed by atoms with Gasteiger partial charge in [-0.15, -0.1) is 0 Å². The first-order chi connectivity index (χ1) is 6.15. The molecule has 0 fully saturated rings. The number of hydrogen-bond donors (Lipinski definition) is 0. The van der Waals surface area contributed by atoms with Gasteiger partial charge in [0, 0.05) is 0 Å². The molecule has 0 aliphatic rings. The van der Waals surface area contributed by atoms with Crippen molar-refractivity contribution in [2.45, 2.75) is 46.5 Å². The molecule has 0 aliphatic carbocycles. The molecule has 0 atom stereocenters. The maximum atomic E-state index is 2.33. The molecule has 1 rings (SSSR count). The third-order valence-electron chi connectivity index (χ3n) is 2.44. The lowest BCUT2D eigenvalue weighted by atomic mass is 9.93. The van der Waals surface area contributed by atoms with Crippen molar-refractivity contribution in [2.24, 2.45) is 0 Å². The van der Waals surface area contributed by atoms with Crippen LogP contribution in [0.15, 0.2) is 18.2 Å². The second kappa shape index (κ2) is 4.45. The van der Waals surface area contributed by atoms with Crippen LogP contribution in [0.5, 0.6) is 0 Å². The van der Waals surface area contributed by atoms with Crippen LogP contribution in [0.4, 0.5) is 0 Å². The van der Waals surface area contributed by atoms with Gasteiger partial charge < -0.3 is 0 Å². The van der Waals surface area contributed by atoms with Crippen molar-refractivity contribution in [3.05, 3.63) is 34.9 Å². The molecule has 0 heterocycles. The zero-order valence-electron chi connectivity index (χ0n) is 9.22. The number of aryl methyl sites for hydroxylation is 2. The second-order valence-electron chi connectivity index (χ2n) is 4.11. The smallest absolute Gasteiger partial charge is 0.0216 e. The lowest BCUT2D eigenvalue weighted by Gasteiger charge is -2.12. The van der Waals surface area contributed by atoms with Crippen LogP contribution in [0.1, 0.15) is 49.8 Å². The van der Waals surface area contributed by atoms with E-state index < -0.39 is 0 Å². The first-order valence-corrected chi connectivity index (χ1v) is 5.24. The molecule has 0 radical (unpaired) electrons. The third-order valence-corrected chi connectivity index (χ3v) is 2.44. The highest BCUT2D eigenvalue weighted by molar-refractivity contribution is 5.33. The Morgan fingerprint density at radius 2 is 1.92 bits per heavy atom. The minimum absolute atomic E-state index is 0.655. The summed E-state index contributed by atoms with van der Waals surface area (Å²) in [7, 11) is 0. The maximum Gasteiger partial charge on any atom is -0.0216 e. The molecule has 0 nitrogen and oxygen atoms in total. The van der Waals surface area contributed by atoms with Crippen LogP contribution in [0.3, 0.4) is 0 Å². The molecule has 1 aromatic rings. The van der Waals surface area contributed by atoms with Crippen LogP contribution in [0.25, 0.3) is 0 Å². The SMILES string of the molecule is CCCc1cc(C)ccc1C(C)C. The molecule has 0 saturated carbocycles. The zero-order chi connectivity index (χ0) is 9.84. The molecule has 0 bridgehead atoms. The Morgan fingerprint density at radius 1 is 1.23 bits per heavy atom. The van der Waals surface area contributed by atoms with Crippen LogP contribution in [0.2, 0.25) is 0 Å². The molecule has 0 spiro atoms. The monoisotopic (exact) mass is 176 g/mol. The summed E-state index contributed by atoms with van der Waals surface area (Å²) in [5.74, 6) is 0.655. The predicted molar refractivity (Wildman–Crippen MR) is 59.3 cm³/mol. The summed E-state index contributed by atoms with van der Waals surface area (Å²) < 4.78 is 0. The van der Waals surface area contributed by atoms with Gasteiger partial charge in [-0.2, -0.15) is 0 Å². The summed E-state index contributed by atoms with van der Waals surface area (Å²) in [5, 5.41) is 0. The highest BCUT2D eigenvalue weighted by Crippen LogP contribution is 2.21. The van der Waals surface area contributed by atoms with E-state index in [-0.39, 0.29) is 0 Å². The Labute approximate surface area is 82.0 Å². The molecule has 0 unspecified atom stereocenters.